The van der Waals surface area contributed by atoms with E-state index in [9.17, 15) is 9.59 Å². The second kappa shape index (κ2) is 6.08. The summed E-state index contributed by atoms with van der Waals surface area (Å²) in [6, 6.07) is 5.68. The predicted octanol–water partition coefficient (Wildman–Crippen LogP) is 0.870. The number of hydrogen-bond donors (Lipinski definition) is 3. The Kier molecular flexibility index (Phi) is 4.22. The first-order valence-corrected chi connectivity index (χ1v) is 6.24. The van der Waals surface area contributed by atoms with Crippen LogP contribution in [0.4, 0.5) is 10.5 Å². The van der Waals surface area contributed by atoms with E-state index >= 15 is 0 Å². The van der Waals surface area contributed by atoms with Gasteiger partial charge in [0.1, 0.15) is 6.61 Å². The van der Waals surface area contributed by atoms with Crippen LogP contribution in [0, 0.1) is 0 Å². The molecule has 0 aliphatic carbocycles. The van der Waals surface area contributed by atoms with Crippen molar-refractivity contribution in [3.8, 4) is 0 Å². The number of para-hydroxylation sites is 1. The van der Waals surface area contributed by atoms with Gasteiger partial charge >= 0.3 is 6.09 Å². The highest BCUT2D eigenvalue weighted by Crippen LogP contribution is 2.25. The lowest BCUT2D eigenvalue weighted by atomic mass is 9.99. The van der Waals surface area contributed by atoms with Gasteiger partial charge in [-0.3, -0.25) is 4.79 Å². The van der Waals surface area contributed by atoms with Crippen molar-refractivity contribution in [3.63, 3.8) is 0 Å². The van der Waals surface area contributed by atoms with Gasteiger partial charge in [0.05, 0.1) is 17.8 Å². The molecule has 4 N–H and O–H groups in total. The van der Waals surface area contributed by atoms with E-state index in [-0.39, 0.29) is 19.1 Å². The number of amides is 2. The highest BCUT2D eigenvalue weighted by Gasteiger charge is 2.16. The van der Waals surface area contributed by atoms with Gasteiger partial charge in [-0.2, -0.15) is 0 Å². The lowest BCUT2D eigenvalue weighted by molar-refractivity contribution is 0.0937. The Bertz CT molecular complexity index is 488. The van der Waals surface area contributed by atoms with E-state index < -0.39 is 6.09 Å². The summed E-state index contributed by atoms with van der Waals surface area (Å²) in [7, 11) is 0. The smallest absolute Gasteiger partial charge is 0.404 e. The van der Waals surface area contributed by atoms with Crippen molar-refractivity contribution in [2.45, 2.75) is 12.8 Å². The number of aryl methyl sites for hydroxylation is 1. The Morgan fingerprint density at radius 3 is 3.05 bits per heavy atom. The van der Waals surface area contributed by atoms with Crippen molar-refractivity contribution < 1.29 is 14.3 Å². The minimum Gasteiger partial charge on any atom is -0.448 e. The van der Waals surface area contributed by atoms with Gasteiger partial charge in [0.25, 0.3) is 5.91 Å². The van der Waals surface area contributed by atoms with Crippen LogP contribution in [0.1, 0.15) is 22.3 Å². The zero-order valence-electron chi connectivity index (χ0n) is 10.6. The molecule has 1 aliphatic rings. The number of anilines is 1. The molecule has 0 spiro atoms. The van der Waals surface area contributed by atoms with Crippen LogP contribution >= 0.6 is 0 Å². The summed E-state index contributed by atoms with van der Waals surface area (Å²) in [6.45, 7) is 1.19. The van der Waals surface area contributed by atoms with Crippen LogP contribution in [0.2, 0.25) is 0 Å². The molecule has 2 rings (SSSR count). The summed E-state index contributed by atoms with van der Waals surface area (Å²) in [5.74, 6) is -0.181. The number of benzene rings is 1. The van der Waals surface area contributed by atoms with E-state index in [0.29, 0.717) is 5.56 Å². The van der Waals surface area contributed by atoms with Crippen LogP contribution in [0.3, 0.4) is 0 Å². The largest absolute Gasteiger partial charge is 0.448 e. The lowest BCUT2D eigenvalue weighted by Gasteiger charge is -2.20. The molecule has 19 heavy (non-hydrogen) atoms. The van der Waals surface area contributed by atoms with Gasteiger partial charge in [0.2, 0.25) is 0 Å². The quantitative estimate of drug-likeness (QED) is 0.703. The molecular weight excluding hydrogens is 246 g/mol. The number of nitrogens with two attached hydrogens (primary N) is 1. The second-order valence-corrected chi connectivity index (χ2v) is 4.29. The molecule has 2 amide bonds. The van der Waals surface area contributed by atoms with Crippen LogP contribution in [0.25, 0.3) is 0 Å². The summed E-state index contributed by atoms with van der Waals surface area (Å²) in [5, 5.41) is 5.95. The fraction of sp³-hybridized carbons (Fsp3) is 0.385. The number of carbonyl (C=O) groups excluding carboxylic acids is 2. The third-order valence-corrected chi connectivity index (χ3v) is 2.95. The first-order chi connectivity index (χ1) is 9.18. The normalized spacial score (nSPS) is 13.1. The maximum atomic E-state index is 12.0. The van der Waals surface area contributed by atoms with E-state index in [1.807, 2.05) is 12.1 Å². The van der Waals surface area contributed by atoms with Gasteiger partial charge < -0.3 is 21.1 Å². The number of fused-ring (bicyclic) bond motifs is 1. The number of hydrogen-bond acceptors (Lipinski definition) is 4. The molecule has 0 bridgehead atoms. The lowest BCUT2D eigenvalue weighted by Crippen LogP contribution is -2.30. The van der Waals surface area contributed by atoms with E-state index in [0.717, 1.165) is 30.6 Å². The van der Waals surface area contributed by atoms with E-state index in [4.69, 9.17) is 5.73 Å². The van der Waals surface area contributed by atoms with Crippen molar-refractivity contribution in [1.82, 2.24) is 5.32 Å². The van der Waals surface area contributed by atoms with Crippen LogP contribution in [-0.2, 0) is 11.2 Å². The SMILES string of the molecule is NC(=O)OCCNC(=O)c1cccc2c1NCCC2. The Hall–Kier alpha value is -2.24. The molecule has 1 aromatic rings. The van der Waals surface area contributed by atoms with Gasteiger partial charge in [0.15, 0.2) is 0 Å². The van der Waals surface area contributed by atoms with E-state index in [2.05, 4.69) is 15.4 Å². The molecule has 0 atom stereocenters. The summed E-state index contributed by atoms with van der Waals surface area (Å²) >= 11 is 0. The fourth-order valence-electron chi connectivity index (χ4n) is 2.11. The Balaban J connectivity index is 1.97. The second-order valence-electron chi connectivity index (χ2n) is 4.29. The molecule has 102 valence electrons. The number of nitrogens with one attached hydrogen (secondary N) is 2. The van der Waals surface area contributed by atoms with Crippen molar-refractivity contribution >= 4 is 17.7 Å². The molecule has 6 heteroatoms. The minimum absolute atomic E-state index is 0.0729. The van der Waals surface area contributed by atoms with Gasteiger partial charge in [-0.1, -0.05) is 12.1 Å². The monoisotopic (exact) mass is 263 g/mol. The fourth-order valence-corrected chi connectivity index (χ4v) is 2.11. The molecule has 0 saturated carbocycles. The van der Waals surface area contributed by atoms with Crippen LogP contribution in [0.5, 0.6) is 0 Å². The third-order valence-electron chi connectivity index (χ3n) is 2.95. The number of ether oxygens (including phenoxy) is 1. The van der Waals surface area contributed by atoms with Crippen molar-refractivity contribution in [3.05, 3.63) is 29.3 Å². The first-order valence-electron chi connectivity index (χ1n) is 6.24. The van der Waals surface area contributed by atoms with Crippen molar-refractivity contribution in [2.75, 3.05) is 25.0 Å². The highest BCUT2D eigenvalue weighted by atomic mass is 16.5. The molecular formula is C13H17N3O3. The third kappa shape index (κ3) is 3.37. The topological polar surface area (TPSA) is 93.5 Å². The molecule has 1 aliphatic heterocycles. The predicted molar refractivity (Wildman–Crippen MR) is 71.1 cm³/mol. The van der Waals surface area contributed by atoms with Gasteiger partial charge in [-0.05, 0) is 24.5 Å². The van der Waals surface area contributed by atoms with E-state index in [1.165, 1.54) is 0 Å². The highest BCUT2D eigenvalue weighted by molar-refractivity contribution is 6.00. The maximum absolute atomic E-state index is 12.0. The average Bonchev–Trinajstić information content (AvgIpc) is 2.42. The zero-order chi connectivity index (χ0) is 13.7. The minimum atomic E-state index is -0.840. The molecule has 1 heterocycles. The number of primary amides is 1. The molecule has 0 unspecified atom stereocenters. The van der Waals surface area contributed by atoms with Gasteiger partial charge in [-0.25, -0.2) is 4.79 Å². The first kappa shape index (κ1) is 13.2. The van der Waals surface area contributed by atoms with Crippen LogP contribution < -0.4 is 16.4 Å². The molecule has 0 aromatic heterocycles. The van der Waals surface area contributed by atoms with E-state index in [1.54, 1.807) is 6.07 Å². The molecule has 1 aromatic carbocycles. The number of rotatable bonds is 4. The Morgan fingerprint density at radius 2 is 2.26 bits per heavy atom. The average molecular weight is 263 g/mol. The van der Waals surface area contributed by atoms with Gasteiger partial charge in [0, 0.05) is 6.54 Å². The molecule has 0 fully saturated rings. The summed E-state index contributed by atoms with van der Waals surface area (Å²) in [4.78, 5) is 22.4. The molecule has 0 saturated heterocycles. The summed E-state index contributed by atoms with van der Waals surface area (Å²) in [5.41, 5.74) is 7.51. The standard InChI is InChI=1S/C13H17N3O3/c14-13(18)19-8-7-16-12(17)10-5-1-3-9-4-2-6-15-11(9)10/h1,3,5,15H,2,4,6-8H2,(H2,14,18)(H,16,17). The zero-order valence-corrected chi connectivity index (χ0v) is 10.6. The number of carbonyl (C=O) groups is 2. The Labute approximate surface area is 111 Å². The van der Waals surface area contributed by atoms with Gasteiger partial charge in [-0.15, -0.1) is 0 Å². The van der Waals surface area contributed by atoms with Crippen LogP contribution in [0.15, 0.2) is 18.2 Å². The van der Waals surface area contributed by atoms with Crippen molar-refractivity contribution in [1.29, 1.82) is 0 Å². The summed E-state index contributed by atoms with van der Waals surface area (Å²) < 4.78 is 4.55. The Morgan fingerprint density at radius 1 is 1.42 bits per heavy atom. The maximum Gasteiger partial charge on any atom is 0.404 e. The molecule has 0 radical (unpaired) electrons. The molecule has 6 nitrogen and oxygen atoms in total. The van der Waals surface area contributed by atoms with Crippen LogP contribution in [-0.4, -0.2) is 31.7 Å². The summed E-state index contributed by atoms with van der Waals surface area (Å²) in [6.07, 6.45) is 1.21. The van der Waals surface area contributed by atoms with Crippen molar-refractivity contribution in [2.24, 2.45) is 5.73 Å².